The summed E-state index contributed by atoms with van der Waals surface area (Å²) in [6, 6.07) is 5.48. The summed E-state index contributed by atoms with van der Waals surface area (Å²) in [5, 5.41) is 0. The molecule has 2 atom stereocenters. The van der Waals surface area contributed by atoms with Crippen LogP contribution >= 0.6 is 0 Å². The van der Waals surface area contributed by atoms with Crippen LogP contribution in [0.15, 0.2) is 18.2 Å². The van der Waals surface area contributed by atoms with Gasteiger partial charge in [0.1, 0.15) is 5.82 Å². The van der Waals surface area contributed by atoms with Gasteiger partial charge in [-0.05, 0) is 70.0 Å². The van der Waals surface area contributed by atoms with Crippen LogP contribution in [0.2, 0.25) is 0 Å². The zero-order chi connectivity index (χ0) is 15.0. The molecule has 1 aromatic rings. The minimum absolute atomic E-state index is 0.0564. The zero-order valence-corrected chi connectivity index (χ0v) is 12.8. The average molecular weight is 290 g/mol. The monoisotopic (exact) mass is 290 g/mol. The van der Waals surface area contributed by atoms with Crippen LogP contribution < -0.4 is 0 Å². The Morgan fingerprint density at radius 2 is 1.90 bits per heavy atom. The number of carbonyl (C=O) groups is 1. The molecule has 0 bridgehead atoms. The molecule has 2 fully saturated rings. The minimum atomic E-state index is -0.250. The van der Waals surface area contributed by atoms with Crippen molar-refractivity contribution in [2.45, 2.75) is 44.7 Å². The van der Waals surface area contributed by atoms with Crippen molar-refractivity contribution in [1.82, 2.24) is 9.80 Å². The summed E-state index contributed by atoms with van der Waals surface area (Å²) in [5.74, 6) is -0.194. The Labute approximate surface area is 125 Å². The van der Waals surface area contributed by atoms with Gasteiger partial charge in [-0.3, -0.25) is 4.79 Å². The molecule has 0 N–H and O–H groups in total. The van der Waals surface area contributed by atoms with Gasteiger partial charge in [-0.1, -0.05) is 0 Å². The van der Waals surface area contributed by atoms with E-state index in [1.54, 1.807) is 19.1 Å². The minimum Gasteiger partial charge on any atom is -0.334 e. The highest BCUT2D eigenvalue weighted by Gasteiger charge is 2.38. The van der Waals surface area contributed by atoms with Gasteiger partial charge in [-0.15, -0.1) is 0 Å². The summed E-state index contributed by atoms with van der Waals surface area (Å²) < 4.78 is 13.4. The number of likely N-dealkylation sites (N-methyl/N-ethyl adjacent to an activating group) is 1. The van der Waals surface area contributed by atoms with Gasteiger partial charge in [0.05, 0.1) is 0 Å². The second-order valence-electron chi connectivity index (χ2n) is 6.36. The van der Waals surface area contributed by atoms with Crippen LogP contribution in [-0.4, -0.2) is 47.9 Å². The average Bonchev–Trinajstić information content (AvgIpc) is 3.09. The quantitative estimate of drug-likeness (QED) is 0.836. The maximum Gasteiger partial charge on any atom is 0.254 e. The number of halogens is 1. The lowest BCUT2D eigenvalue weighted by atomic mass is 10.0. The topological polar surface area (TPSA) is 23.6 Å². The van der Waals surface area contributed by atoms with Crippen molar-refractivity contribution in [3.63, 3.8) is 0 Å². The Morgan fingerprint density at radius 3 is 2.57 bits per heavy atom. The third-order valence-corrected chi connectivity index (χ3v) is 4.99. The standard InChI is InChI=1S/C17H23FN2O/c1-12-11-13(7-8-14(12)18)17(21)20-10-4-6-16(20)15-5-3-9-19(15)2/h7-8,11,15-16H,3-6,9-10H2,1-2H3/t15-,16-/m0/s1. The molecule has 0 aliphatic carbocycles. The molecule has 2 aliphatic heterocycles. The summed E-state index contributed by atoms with van der Waals surface area (Å²) in [4.78, 5) is 17.2. The van der Waals surface area contributed by atoms with Gasteiger partial charge in [-0.25, -0.2) is 4.39 Å². The van der Waals surface area contributed by atoms with Gasteiger partial charge < -0.3 is 9.80 Å². The maximum atomic E-state index is 13.4. The molecule has 1 aromatic carbocycles. The molecule has 21 heavy (non-hydrogen) atoms. The van der Waals surface area contributed by atoms with Crippen molar-refractivity contribution in [2.75, 3.05) is 20.1 Å². The van der Waals surface area contributed by atoms with E-state index >= 15 is 0 Å². The molecular weight excluding hydrogens is 267 g/mol. The highest BCUT2D eigenvalue weighted by Crippen LogP contribution is 2.30. The molecule has 0 saturated carbocycles. The highest BCUT2D eigenvalue weighted by molar-refractivity contribution is 5.94. The van der Waals surface area contributed by atoms with Crippen LogP contribution in [0.5, 0.6) is 0 Å². The fourth-order valence-electron chi connectivity index (χ4n) is 3.81. The van der Waals surface area contributed by atoms with E-state index in [2.05, 4.69) is 11.9 Å². The van der Waals surface area contributed by atoms with Crippen LogP contribution in [0.3, 0.4) is 0 Å². The highest BCUT2D eigenvalue weighted by atomic mass is 19.1. The van der Waals surface area contributed by atoms with Crippen molar-refractivity contribution >= 4 is 5.91 Å². The maximum absolute atomic E-state index is 13.4. The summed E-state index contributed by atoms with van der Waals surface area (Å²) in [7, 11) is 2.15. The number of carbonyl (C=O) groups excluding carboxylic acids is 1. The van der Waals surface area contributed by atoms with Gasteiger partial charge in [0.15, 0.2) is 0 Å². The fourth-order valence-corrected chi connectivity index (χ4v) is 3.81. The third-order valence-electron chi connectivity index (χ3n) is 4.99. The molecule has 114 valence electrons. The Balaban J connectivity index is 1.81. The fraction of sp³-hybridized carbons (Fsp3) is 0.588. The first-order valence-electron chi connectivity index (χ1n) is 7.85. The molecule has 0 spiro atoms. The molecule has 0 radical (unpaired) electrons. The first-order chi connectivity index (χ1) is 10.1. The van der Waals surface area contributed by atoms with E-state index in [-0.39, 0.29) is 11.7 Å². The molecule has 3 nitrogen and oxygen atoms in total. The number of likely N-dealkylation sites (tertiary alicyclic amines) is 2. The smallest absolute Gasteiger partial charge is 0.254 e. The molecule has 0 aromatic heterocycles. The lowest BCUT2D eigenvalue weighted by molar-refractivity contribution is 0.0664. The number of nitrogens with zero attached hydrogens (tertiary/aromatic N) is 2. The van der Waals surface area contributed by atoms with Crippen LogP contribution in [0.4, 0.5) is 4.39 Å². The summed E-state index contributed by atoms with van der Waals surface area (Å²) in [6.07, 6.45) is 4.55. The Morgan fingerprint density at radius 1 is 1.19 bits per heavy atom. The van der Waals surface area contributed by atoms with Crippen LogP contribution in [-0.2, 0) is 0 Å². The zero-order valence-electron chi connectivity index (χ0n) is 12.8. The van der Waals surface area contributed by atoms with E-state index in [4.69, 9.17) is 0 Å². The van der Waals surface area contributed by atoms with Gasteiger partial charge in [-0.2, -0.15) is 0 Å². The number of amides is 1. The molecule has 0 unspecified atom stereocenters. The predicted molar refractivity (Wildman–Crippen MR) is 80.8 cm³/mol. The van der Waals surface area contributed by atoms with Gasteiger partial charge in [0.2, 0.25) is 0 Å². The summed E-state index contributed by atoms with van der Waals surface area (Å²) >= 11 is 0. The van der Waals surface area contributed by atoms with Gasteiger partial charge >= 0.3 is 0 Å². The predicted octanol–water partition coefficient (Wildman–Crippen LogP) is 2.83. The second kappa shape index (κ2) is 5.76. The molecule has 2 aliphatic rings. The number of hydrogen-bond acceptors (Lipinski definition) is 2. The van der Waals surface area contributed by atoms with Crippen molar-refractivity contribution < 1.29 is 9.18 Å². The molecule has 1 amide bonds. The van der Waals surface area contributed by atoms with E-state index < -0.39 is 0 Å². The SMILES string of the molecule is Cc1cc(C(=O)N2CCC[C@H]2[C@@H]2CCCN2C)ccc1F. The van der Waals surface area contributed by atoms with Crippen molar-refractivity contribution in [3.05, 3.63) is 35.1 Å². The first kappa shape index (κ1) is 14.5. The molecule has 3 rings (SSSR count). The first-order valence-corrected chi connectivity index (χ1v) is 7.85. The van der Waals surface area contributed by atoms with Crippen LogP contribution in [0.1, 0.15) is 41.6 Å². The van der Waals surface area contributed by atoms with E-state index in [9.17, 15) is 9.18 Å². The van der Waals surface area contributed by atoms with E-state index in [1.165, 1.54) is 18.9 Å². The number of hydrogen-bond donors (Lipinski definition) is 0. The summed E-state index contributed by atoms with van der Waals surface area (Å²) in [5.41, 5.74) is 1.15. The Bertz CT molecular complexity index is 546. The lowest BCUT2D eigenvalue weighted by Crippen LogP contribution is -2.47. The summed E-state index contributed by atoms with van der Waals surface area (Å²) in [6.45, 7) is 3.65. The van der Waals surface area contributed by atoms with E-state index in [0.717, 1.165) is 25.9 Å². The molecule has 2 heterocycles. The number of rotatable bonds is 2. The van der Waals surface area contributed by atoms with Gasteiger partial charge in [0, 0.05) is 24.2 Å². The third kappa shape index (κ3) is 2.69. The van der Waals surface area contributed by atoms with Crippen LogP contribution in [0.25, 0.3) is 0 Å². The number of benzene rings is 1. The van der Waals surface area contributed by atoms with Crippen LogP contribution in [0, 0.1) is 12.7 Å². The second-order valence-corrected chi connectivity index (χ2v) is 6.36. The normalized spacial score (nSPS) is 26.5. The largest absolute Gasteiger partial charge is 0.334 e. The Hall–Kier alpha value is -1.42. The molecule has 4 heteroatoms. The van der Waals surface area contributed by atoms with Crippen molar-refractivity contribution in [3.8, 4) is 0 Å². The molecular formula is C17H23FN2O. The molecule has 2 saturated heterocycles. The van der Waals surface area contributed by atoms with E-state index in [1.807, 2.05) is 4.90 Å². The van der Waals surface area contributed by atoms with E-state index in [0.29, 0.717) is 23.2 Å². The van der Waals surface area contributed by atoms with Crippen molar-refractivity contribution in [2.24, 2.45) is 0 Å². The van der Waals surface area contributed by atoms with Crippen molar-refractivity contribution in [1.29, 1.82) is 0 Å². The number of aryl methyl sites for hydroxylation is 1. The lowest BCUT2D eigenvalue weighted by Gasteiger charge is -2.33. The Kier molecular flexibility index (Phi) is 3.98. The van der Waals surface area contributed by atoms with Gasteiger partial charge in [0.25, 0.3) is 5.91 Å².